The van der Waals surface area contributed by atoms with Crippen LogP contribution in [0.1, 0.15) is 35.2 Å². The number of sulfonamides is 1. The van der Waals surface area contributed by atoms with Gasteiger partial charge in [-0.2, -0.15) is 0 Å². The van der Waals surface area contributed by atoms with Gasteiger partial charge in [-0.25, -0.2) is 13.1 Å². The van der Waals surface area contributed by atoms with Gasteiger partial charge in [0, 0.05) is 25.2 Å². The smallest absolute Gasteiger partial charge is 0.253 e. The number of amides is 1. The summed E-state index contributed by atoms with van der Waals surface area (Å²) >= 11 is 0. The predicted molar refractivity (Wildman–Crippen MR) is 115 cm³/mol. The van der Waals surface area contributed by atoms with Crippen LogP contribution in [0.3, 0.4) is 0 Å². The molecule has 5 nitrogen and oxygen atoms in total. The molecular weight excluding hydrogens is 384 g/mol. The van der Waals surface area contributed by atoms with E-state index in [2.05, 4.69) is 35.6 Å². The molecule has 0 saturated carbocycles. The van der Waals surface area contributed by atoms with Crippen molar-refractivity contribution in [3.63, 3.8) is 0 Å². The molecule has 0 aliphatic carbocycles. The van der Waals surface area contributed by atoms with E-state index in [1.54, 1.807) is 12.1 Å². The van der Waals surface area contributed by atoms with Gasteiger partial charge in [-0.15, -0.1) is 6.58 Å². The summed E-state index contributed by atoms with van der Waals surface area (Å²) in [5.41, 5.74) is 1.89. The maximum Gasteiger partial charge on any atom is 0.253 e. The molecule has 1 heterocycles. The van der Waals surface area contributed by atoms with Crippen molar-refractivity contribution in [3.05, 3.63) is 78.4 Å². The van der Waals surface area contributed by atoms with Gasteiger partial charge in [0.05, 0.1) is 4.90 Å². The molecule has 0 atom stereocenters. The Hall–Kier alpha value is -2.44. The van der Waals surface area contributed by atoms with Crippen LogP contribution in [-0.4, -0.2) is 38.9 Å². The zero-order chi connectivity index (χ0) is 20.7. The second-order valence-electron chi connectivity index (χ2n) is 7.42. The number of benzene rings is 2. The van der Waals surface area contributed by atoms with Crippen LogP contribution in [0.15, 0.2) is 72.1 Å². The second-order valence-corrected chi connectivity index (χ2v) is 9.19. The second kappa shape index (κ2) is 9.85. The zero-order valence-electron chi connectivity index (χ0n) is 16.6. The Morgan fingerprint density at radius 2 is 1.72 bits per heavy atom. The van der Waals surface area contributed by atoms with E-state index < -0.39 is 10.0 Å². The van der Waals surface area contributed by atoms with E-state index in [1.807, 2.05) is 11.0 Å². The van der Waals surface area contributed by atoms with Gasteiger partial charge in [0.1, 0.15) is 0 Å². The van der Waals surface area contributed by atoms with Crippen LogP contribution >= 0.6 is 0 Å². The van der Waals surface area contributed by atoms with Crippen LogP contribution < -0.4 is 4.72 Å². The van der Waals surface area contributed by atoms with Gasteiger partial charge in [0.15, 0.2) is 0 Å². The van der Waals surface area contributed by atoms with E-state index in [-0.39, 0.29) is 17.3 Å². The highest BCUT2D eigenvalue weighted by molar-refractivity contribution is 7.89. The fraction of sp³-hybridized carbons (Fsp3) is 0.348. The fourth-order valence-corrected chi connectivity index (χ4v) is 4.65. The standard InChI is InChI=1S/C23H28N2O3S/c1-2-16-24-29(27,28)22-12-10-21(11-13-22)23(26)25-17-14-20(15-18-25)9-8-19-6-4-3-5-7-19/h2-7,10-13,20,24H,1,8-9,14-18H2. The third-order valence-electron chi connectivity index (χ3n) is 5.42. The van der Waals surface area contributed by atoms with Crippen molar-refractivity contribution in [1.82, 2.24) is 9.62 Å². The Morgan fingerprint density at radius 1 is 1.07 bits per heavy atom. The molecule has 0 spiro atoms. The normalized spacial score (nSPS) is 15.2. The molecule has 1 aliphatic heterocycles. The van der Waals surface area contributed by atoms with Crippen LogP contribution in [0.25, 0.3) is 0 Å². The number of rotatable bonds is 8. The van der Waals surface area contributed by atoms with Gasteiger partial charge in [0.2, 0.25) is 10.0 Å². The van der Waals surface area contributed by atoms with Gasteiger partial charge in [0.25, 0.3) is 5.91 Å². The maximum atomic E-state index is 12.8. The van der Waals surface area contributed by atoms with Gasteiger partial charge < -0.3 is 4.90 Å². The molecule has 0 unspecified atom stereocenters. The molecule has 154 valence electrons. The highest BCUT2D eigenvalue weighted by Crippen LogP contribution is 2.24. The summed E-state index contributed by atoms with van der Waals surface area (Å²) in [6.07, 6.45) is 5.73. The lowest BCUT2D eigenvalue weighted by atomic mass is 9.90. The Balaban J connectivity index is 1.52. The Morgan fingerprint density at radius 3 is 2.34 bits per heavy atom. The molecule has 2 aromatic carbocycles. The van der Waals surface area contributed by atoms with Gasteiger partial charge >= 0.3 is 0 Å². The molecule has 1 aliphatic rings. The highest BCUT2D eigenvalue weighted by atomic mass is 32.2. The maximum absolute atomic E-state index is 12.8. The lowest BCUT2D eigenvalue weighted by Gasteiger charge is -2.32. The number of carbonyl (C=O) groups excluding carboxylic acids is 1. The molecule has 1 fully saturated rings. The first-order valence-electron chi connectivity index (χ1n) is 10.0. The molecule has 1 amide bonds. The molecular formula is C23H28N2O3S. The summed E-state index contributed by atoms with van der Waals surface area (Å²) in [6, 6.07) is 16.6. The van der Waals surface area contributed by atoms with E-state index >= 15 is 0 Å². The van der Waals surface area contributed by atoms with Gasteiger partial charge in [-0.05, 0) is 61.4 Å². The Labute approximate surface area is 173 Å². The van der Waals surface area contributed by atoms with Crippen LogP contribution in [0.2, 0.25) is 0 Å². The summed E-state index contributed by atoms with van der Waals surface area (Å²) in [5, 5.41) is 0. The van der Waals surface area contributed by atoms with Crippen LogP contribution in [-0.2, 0) is 16.4 Å². The first-order valence-corrected chi connectivity index (χ1v) is 11.5. The van der Waals surface area contributed by atoms with E-state index in [0.717, 1.165) is 38.8 Å². The number of nitrogens with one attached hydrogen (secondary N) is 1. The minimum absolute atomic E-state index is 0.0329. The largest absolute Gasteiger partial charge is 0.339 e. The summed E-state index contributed by atoms with van der Waals surface area (Å²) in [4.78, 5) is 14.8. The van der Waals surface area contributed by atoms with Crippen molar-refractivity contribution >= 4 is 15.9 Å². The number of nitrogens with zero attached hydrogens (tertiary/aromatic N) is 1. The minimum Gasteiger partial charge on any atom is -0.339 e. The van der Waals surface area contributed by atoms with E-state index in [0.29, 0.717) is 11.5 Å². The van der Waals surface area contributed by atoms with Gasteiger partial charge in [-0.3, -0.25) is 4.79 Å². The average molecular weight is 413 g/mol. The lowest BCUT2D eigenvalue weighted by Crippen LogP contribution is -2.38. The Kier molecular flexibility index (Phi) is 7.23. The molecule has 0 aromatic heterocycles. The monoisotopic (exact) mass is 412 g/mol. The molecule has 29 heavy (non-hydrogen) atoms. The van der Waals surface area contributed by atoms with Gasteiger partial charge in [-0.1, -0.05) is 36.4 Å². The van der Waals surface area contributed by atoms with Crippen molar-refractivity contribution in [2.24, 2.45) is 5.92 Å². The van der Waals surface area contributed by atoms with E-state index in [4.69, 9.17) is 0 Å². The first kappa shape index (κ1) is 21.3. The molecule has 1 saturated heterocycles. The molecule has 0 radical (unpaired) electrons. The number of carbonyl (C=O) groups is 1. The van der Waals surface area contributed by atoms with E-state index in [9.17, 15) is 13.2 Å². The third-order valence-corrected chi connectivity index (χ3v) is 6.85. The zero-order valence-corrected chi connectivity index (χ0v) is 17.4. The number of aryl methyl sites for hydroxylation is 1. The number of hydrogen-bond acceptors (Lipinski definition) is 3. The number of hydrogen-bond donors (Lipinski definition) is 1. The fourth-order valence-electron chi connectivity index (χ4n) is 3.65. The van der Waals surface area contributed by atoms with Crippen LogP contribution in [0.5, 0.6) is 0 Å². The molecule has 1 N–H and O–H groups in total. The molecule has 2 aromatic rings. The van der Waals surface area contributed by atoms with Crippen molar-refractivity contribution in [2.75, 3.05) is 19.6 Å². The van der Waals surface area contributed by atoms with Crippen molar-refractivity contribution in [1.29, 1.82) is 0 Å². The van der Waals surface area contributed by atoms with Crippen molar-refractivity contribution in [2.45, 2.75) is 30.6 Å². The average Bonchev–Trinajstić information content (AvgIpc) is 2.77. The van der Waals surface area contributed by atoms with Crippen molar-refractivity contribution in [3.8, 4) is 0 Å². The van der Waals surface area contributed by atoms with Crippen molar-refractivity contribution < 1.29 is 13.2 Å². The lowest BCUT2D eigenvalue weighted by molar-refractivity contribution is 0.0687. The summed E-state index contributed by atoms with van der Waals surface area (Å²) in [6.45, 7) is 5.17. The molecule has 0 bridgehead atoms. The topological polar surface area (TPSA) is 66.5 Å². The number of piperidine rings is 1. The molecule has 6 heteroatoms. The summed E-state index contributed by atoms with van der Waals surface area (Å²) in [5.74, 6) is 0.609. The van der Waals surface area contributed by atoms with Crippen LogP contribution in [0, 0.1) is 5.92 Å². The first-order chi connectivity index (χ1) is 14.0. The minimum atomic E-state index is -3.57. The Bertz CT molecular complexity index is 916. The quantitative estimate of drug-likeness (QED) is 0.673. The SMILES string of the molecule is C=CCNS(=O)(=O)c1ccc(C(=O)N2CCC(CCc3ccccc3)CC2)cc1. The van der Waals surface area contributed by atoms with Crippen LogP contribution in [0.4, 0.5) is 0 Å². The van der Waals surface area contributed by atoms with E-state index in [1.165, 1.54) is 23.8 Å². The number of likely N-dealkylation sites (tertiary alicyclic amines) is 1. The highest BCUT2D eigenvalue weighted by Gasteiger charge is 2.24. The summed E-state index contributed by atoms with van der Waals surface area (Å²) in [7, 11) is -3.57. The summed E-state index contributed by atoms with van der Waals surface area (Å²) < 4.78 is 26.7. The molecule has 3 rings (SSSR count). The third kappa shape index (κ3) is 5.78. The predicted octanol–water partition coefficient (Wildman–Crippen LogP) is 3.64.